The van der Waals surface area contributed by atoms with Gasteiger partial charge in [0.15, 0.2) is 0 Å². The van der Waals surface area contributed by atoms with E-state index in [2.05, 4.69) is 206 Å². The molecule has 0 aliphatic heterocycles. The smallest absolute Gasteiger partial charge is 0.103 e. The van der Waals surface area contributed by atoms with Crippen LogP contribution in [0.1, 0.15) is 25.2 Å². The third-order valence-electron chi connectivity index (χ3n) is 12.3. The maximum Gasteiger partial charge on any atom is 0.103 e. The van der Waals surface area contributed by atoms with E-state index in [4.69, 9.17) is 20.0 Å². The van der Waals surface area contributed by atoms with Crippen molar-refractivity contribution in [2.45, 2.75) is 13.8 Å². The van der Waals surface area contributed by atoms with Gasteiger partial charge < -0.3 is 0 Å². The highest BCUT2D eigenvalue weighted by molar-refractivity contribution is 6.10. The van der Waals surface area contributed by atoms with Crippen LogP contribution in [0.25, 0.3) is 87.6 Å². The van der Waals surface area contributed by atoms with E-state index in [1.165, 1.54) is 43.1 Å². The molecule has 0 fully saturated rings. The van der Waals surface area contributed by atoms with Crippen molar-refractivity contribution in [1.29, 1.82) is 0 Å². The average Bonchev–Trinajstić information content (AvgIpc) is 3.36. The first-order valence-electron chi connectivity index (χ1n) is 21.7. The van der Waals surface area contributed by atoms with Crippen molar-refractivity contribution < 1.29 is 0 Å². The third-order valence-corrected chi connectivity index (χ3v) is 12.3. The van der Waals surface area contributed by atoms with Gasteiger partial charge in [0.25, 0.3) is 0 Å². The number of para-hydroxylation sites is 2. The fourth-order valence-electron chi connectivity index (χ4n) is 9.20. The lowest BCUT2D eigenvalue weighted by atomic mass is 9.91. The van der Waals surface area contributed by atoms with Crippen molar-refractivity contribution in [3.05, 3.63) is 230 Å². The second kappa shape index (κ2) is 16.5. The molecule has 4 heteroatoms. The Morgan fingerprint density at radius 1 is 0.297 bits per heavy atom. The van der Waals surface area contributed by atoms with E-state index in [1.807, 2.05) is 13.8 Å². The predicted octanol–water partition coefficient (Wildman–Crippen LogP) is 16.0. The van der Waals surface area contributed by atoms with E-state index in [1.54, 1.807) is 12.4 Å². The minimum Gasteiger partial charge on any atom is -0.260 e. The Morgan fingerprint density at radius 2 is 0.547 bits per heavy atom. The molecule has 0 spiro atoms. The molecule has 1 heterocycles. The Morgan fingerprint density at radius 3 is 0.859 bits per heavy atom. The molecule has 302 valence electrons. The summed E-state index contributed by atoms with van der Waals surface area (Å²) >= 11 is 0. The SMILES string of the molecule is CC(=Nc1c(-c2cccc3ccccc23)cccc1-c1cccc2ccccc12)c1cncc(C(C)=Nc2c(-c3cccc4ccccc34)cccc2-c2cccc3ccccc23)n1. The molecule has 0 bridgehead atoms. The summed E-state index contributed by atoms with van der Waals surface area (Å²) in [5.74, 6) is 0. The number of hydrogen-bond donors (Lipinski definition) is 0. The van der Waals surface area contributed by atoms with E-state index in [-0.39, 0.29) is 0 Å². The molecule has 11 rings (SSSR count). The molecule has 0 saturated carbocycles. The van der Waals surface area contributed by atoms with Crippen molar-refractivity contribution >= 4 is 65.9 Å². The number of fused-ring (bicyclic) bond motifs is 4. The molecule has 10 aromatic carbocycles. The first-order valence-corrected chi connectivity index (χ1v) is 21.7. The molecule has 1 aromatic heterocycles. The molecular weight excluding hydrogens is 777 g/mol. The summed E-state index contributed by atoms with van der Waals surface area (Å²) in [4.78, 5) is 21.1. The number of aliphatic imine (C=N–C) groups is 2. The summed E-state index contributed by atoms with van der Waals surface area (Å²) in [5.41, 5.74) is 13.3. The number of rotatable bonds is 8. The predicted molar refractivity (Wildman–Crippen MR) is 270 cm³/mol. The second-order valence-corrected chi connectivity index (χ2v) is 16.2. The average molecular weight is 819 g/mol. The van der Waals surface area contributed by atoms with Gasteiger partial charge in [-0.25, -0.2) is 4.98 Å². The molecule has 0 aliphatic carbocycles. The van der Waals surface area contributed by atoms with Crippen molar-refractivity contribution in [3.63, 3.8) is 0 Å². The Hall–Kier alpha value is -8.34. The zero-order valence-electron chi connectivity index (χ0n) is 35.6. The van der Waals surface area contributed by atoms with Gasteiger partial charge in [0, 0.05) is 22.3 Å². The summed E-state index contributed by atoms with van der Waals surface area (Å²) in [5, 5.41) is 9.43. The normalized spacial score (nSPS) is 12.1. The Balaban J connectivity index is 1.08. The fraction of sp³-hybridized carbons (Fsp3) is 0.0333. The van der Waals surface area contributed by atoms with Crippen LogP contribution < -0.4 is 0 Å². The summed E-state index contributed by atoms with van der Waals surface area (Å²) in [6, 6.07) is 73.2. The molecule has 0 saturated heterocycles. The van der Waals surface area contributed by atoms with Crippen LogP contribution in [-0.4, -0.2) is 21.4 Å². The maximum absolute atomic E-state index is 5.52. The van der Waals surface area contributed by atoms with E-state index in [0.29, 0.717) is 11.4 Å². The second-order valence-electron chi connectivity index (χ2n) is 16.2. The lowest BCUT2D eigenvalue weighted by Crippen LogP contribution is -2.07. The first kappa shape index (κ1) is 38.6. The van der Waals surface area contributed by atoms with E-state index in [0.717, 1.165) is 67.3 Å². The lowest BCUT2D eigenvalue weighted by Gasteiger charge is -2.17. The number of benzene rings is 10. The van der Waals surface area contributed by atoms with Crippen LogP contribution in [0.4, 0.5) is 11.4 Å². The zero-order valence-corrected chi connectivity index (χ0v) is 35.6. The van der Waals surface area contributed by atoms with Crippen molar-refractivity contribution in [2.24, 2.45) is 9.98 Å². The van der Waals surface area contributed by atoms with Crippen LogP contribution in [-0.2, 0) is 0 Å². The summed E-state index contributed by atoms with van der Waals surface area (Å²) in [6.07, 6.45) is 3.61. The Kier molecular flexibility index (Phi) is 9.95. The van der Waals surface area contributed by atoms with E-state index >= 15 is 0 Å². The molecule has 0 atom stereocenters. The maximum atomic E-state index is 5.52. The van der Waals surface area contributed by atoms with Crippen LogP contribution in [0.3, 0.4) is 0 Å². The minimum atomic E-state index is 0.681. The van der Waals surface area contributed by atoms with Gasteiger partial charge in [0.05, 0.1) is 35.2 Å². The molecule has 64 heavy (non-hydrogen) atoms. The molecule has 0 aliphatic rings. The van der Waals surface area contributed by atoms with Gasteiger partial charge in [-0.2, -0.15) is 0 Å². The highest BCUT2D eigenvalue weighted by atomic mass is 14.9. The van der Waals surface area contributed by atoms with Crippen molar-refractivity contribution in [1.82, 2.24) is 9.97 Å². The molecule has 4 nitrogen and oxygen atoms in total. The fourth-order valence-corrected chi connectivity index (χ4v) is 9.20. The van der Waals surface area contributed by atoms with E-state index in [9.17, 15) is 0 Å². The Bertz CT molecular complexity index is 3200. The quantitative estimate of drug-likeness (QED) is 0.143. The molecule has 0 N–H and O–H groups in total. The highest BCUT2D eigenvalue weighted by Gasteiger charge is 2.19. The molecule has 0 amide bonds. The van der Waals surface area contributed by atoms with Crippen LogP contribution in [0.5, 0.6) is 0 Å². The van der Waals surface area contributed by atoms with Crippen LogP contribution in [0.2, 0.25) is 0 Å². The van der Waals surface area contributed by atoms with Gasteiger partial charge in [-0.3, -0.25) is 15.0 Å². The van der Waals surface area contributed by atoms with Crippen molar-refractivity contribution in [3.8, 4) is 44.5 Å². The van der Waals surface area contributed by atoms with E-state index < -0.39 is 0 Å². The first-order chi connectivity index (χ1) is 31.6. The number of aromatic nitrogens is 2. The summed E-state index contributed by atoms with van der Waals surface area (Å²) < 4.78 is 0. The van der Waals surface area contributed by atoms with Gasteiger partial charge in [0.1, 0.15) is 11.4 Å². The summed E-state index contributed by atoms with van der Waals surface area (Å²) in [7, 11) is 0. The topological polar surface area (TPSA) is 50.5 Å². The zero-order chi connectivity index (χ0) is 43.0. The largest absolute Gasteiger partial charge is 0.260 e. The lowest BCUT2D eigenvalue weighted by molar-refractivity contribution is 1.15. The monoisotopic (exact) mass is 818 g/mol. The number of nitrogens with zero attached hydrogens (tertiary/aromatic N) is 4. The van der Waals surface area contributed by atoms with Crippen LogP contribution in [0, 0.1) is 0 Å². The van der Waals surface area contributed by atoms with Crippen molar-refractivity contribution in [2.75, 3.05) is 0 Å². The van der Waals surface area contributed by atoms with Gasteiger partial charge >= 0.3 is 0 Å². The highest BCUT2D eigenvalue weighted by Crippen LogP contribution is 2.45. The van der Waals surface area contributed by atoms with Crippen LogP contribution >= 0.6 is 0 Å². The minimum absolute atomic E-state index is 0.681. The van der Waals surface area contributed by atoms with Gasteiger partial charge in [-0.1, -0.05) is 206 Å². The van der Waals surface area contributed by atoms with Crippen LogP contribution in [0.15, 0.2) is 229 Å². The molecule has 0 radical (unpaired) electrons. The molecule has 0 unspecified atom stereocenters. The third kappa shape index (κ3) is 7.01. The Labute approximate surface area is 372 Å². The van der Waals surface area contributed by atoms with Gasteiger partial charge in [0.2, 0.25) is 0 Å². The van der Waals surface area contributed by atoms with Gasteiger partial charge in [-0.15, -0.1) is 0 Å². The molecule has 11 aromatic rings. The summed E-state index contributed by atoms with van der Waals surface area (Å²) in [6.45, 7) is 4.06. The standard InChI is InChI=1S/C60H42N4/c1-39(62-59-53(49-29-11-21-41-17-3-7-25-45(41)49)33-15-34-54(59)50-30-12-22-42-18-4-8-26-46(42)50)57-37-61-38-58(64-57)40(2)63-60-55(51-31-13-23-43-19-5-9-27-47(43)51)35-16-36-56(60)52-32-14-24-44-20-6-10-28-48(44)52/h3-38H,1-2H3. The van der Waals surface area contributed by atoms with Gasteiger partial charge in [-0.05, 0) is 79.2 Å². The number of hydrogen-bond acceptors (Lipinski definition) is 4. The molecular formula is C60H42N4.